The van der Waals surface area contributed by atoms with Crippen LogP contribution in [-0.4, -0.2) is 84.8 Å². The van der Waals surface area contributed by atoms with Crippen LogP contribution in [0.5, 0.6) is 0 Å². The number of hydrogen-bond donors (Lipinski definition) is 1. The number of esters is 2. The minimum atomic E-state index is -2.87. The molecular weight excluding hydrogens is 732 g/mol. The van der Waals surface area contributed by atoms with Gasteiger partial charge in [0.15, 0.2) is 10.3 Å². The molecule has 0 bridgehead atoms. The van der Waals surface area contributed by atoms with E-state index in [-0.39, 0.29) is 41.3 Å². The summed E-state index contributed by atoms with van der Waals surface area (Å²) in [6.07, 6.45) is 6.37. The fourth-order valence-electron chi connectivity index (χ4n) is 8.13. The van der Waals surface area contributed by atoms with Crippen LogP contribution in [0.25, 0.3) is 0 Å². The zero-order valence-corrected chi connectivity index (χ0v) is 31.4. The van der Waals surface area contributed by atoms with Gasteiger partial charge in [0, 0.05) is 49.9 Å². The number of halogens is 5. The van der Waals surface area contributed by atoms with E-state index in [1.54, 1.807) is 12.5 Å². The normalized spacial score (nSPS) is 28.4. The van der Waals surface area contributed by atoms with Gasteiger partial charge in [0.2, 0.25) is 0 Å². The van der Waals surface area contributed by atoms with Gasteiger partial charge in [0.1, 0.15) is 22.4 Å². The number of nitrogens with one attached hydrogen (secondary N) is 1. The van der Waals surface area contributed by atoms with Crippen molar-refractivity contribution < 1.29 is 36.6 Å². The van der Waals surface area contributed by atoms with E-state index in [1.807, 2.05) is 0 Å². The molecule has 280 valence electrons. The molecule has 2 unspecified atom stereocenters. The van der Waals surface area contributed by atoms with E-state index in [9.17, 15) is 27.2 Å². The van der Waals surface area contributed by atoms with E-state index in [0.29, 0.717) is 89.5 Å². The predicted octanol–water partition coefficient (Wildman–Crippen LogP) is 6.17. The number of alkyl halides is 4. The van der Waals surface area contributed by atoms with Crippen LogP contribution in [0.4, 0.5) is 23.4 Å². The summed E-state index contributed by atoms with van der Waals surface area (Å²) in [6.45, 7) is 3.75. The average molecular weight is 775 g/mol. The molecule has 4 heterocycles. The molecule has 0 aromatic carbocycles. The maximum absolute atomic E-state index is 14.3. The summed E-state index contributed by atoms with van der Waals surface area (Å²) in [6, 6.07) is 0. The van der Waals surface area contributed by atoms with Crippen LogP contribution in [0.15, 0.2) is 10.3 Å². The van der Waals surface area contributed by atoms with Gasteiger partial charge in [-0.3, -0.25) is 9.59 Å². The first kappa shape index (κ1) is 38.3. The number of aromatic nitrogens is 4. The number of carbonyl (C=O) groups excluding carboxylic acids is 2. The van der Waals surface area contributed by atoms with E-state index in [0.717, 1.165) is 38.0 Å². The van der Waals surface area contributed by atoms with Gasteiger partial charge in [0.05, 0.1) is 14.2 Å². The summed E-state index contributed by atoms with van der Waals surface area (Å²) in [5.74, 6) is -1.86. The SMILES string of the molecule is COC(=O)CC1[C@H]2CN(c3nc(SC)nc4c3CCCC4(F)F)C[C@@H]12.COC(=O)CC1[C@H]2CNC[C@@H]12.CSc1nc(Cl)c2c(n1)C(F)(F)CCC2. The predicted molar refractivity (Wildman–Crippen MR) is 186 cm³/mol. The second kappa shape index (κ2) is 15.5. The van der Waals surface area contributed by atoms with Crippen molar-refractivity contribution in [3.05, 3.63) is 27.7 Å². The van der Waals surface area contributed by atoms with Crippen LogP contribution in [0.3, 0.4) is 0 Å². The highest BCUT2D eigenvalue weighted by Gasteiger charge is 2.57. The topological polar surface area (TPSA) is 119 Å². The van der Waals surface area contributed by atoms with Crippen molar-refractivity contribution >= 4 is 52.9 Å². The minimum absolute atomic E-state index is 0.0515. The summed E-state index contributed by atoms with van der Waals surface area (Å²) < 4.78 is 65.1. The van der Waals surface area contributed by atoms with Crippen molar-refractivity contribution in [1.82, 2.24) is 25.3 Å². The lowest BCUT2D eigenvalue weighted by molar-refractivity contribution is -0.142. The lowest BCUT2D eigenvalue weighted by atomic mass is 9.93. The molecule has 1 N–H and O–H groups in total. The summed E-state index contributed by atoms with van der Waals surface area (Å²) in [5.41, 5.74) is 0.753. The molecule has 4 fully saturated rings. The third-order valence-electron chi connectivity index (χ3n) is 11.0. The Hall–Kier alpha value is -2.43. The number of piperidine rings is 2. The van der Waals surface area contributed by atoms with Crippen molar-refractivity contribution in [3.63, 3.8) is 0 Å². The Morgan fingerprint density at radius 3 is 1.76 bits per heavy atom. The zero-order valence-electron chi connectivity index (χ0n) is 29.0. The van der Waals surface area contributed by atoms with Gasteiger partial charge in [0.25, 0.3) is 11.8 Å². The highest BCUT2D eigenvalue weighted by atomic mass is 35.5. The maximum Gasteiger partial charge on any atom is 0.305 e. The second-order valence-electron chi connectivity index (χ2n) is 13.9. The number of anilines is 1. The Morgan fingerprint density at radius 2 is 1.25 bits per heavy atom. The molecule has 10 nitrogen and oxygen atoms in total. The summed E-state index contributed by atoms with van der Waals surface area (Å²) in [5, 5.41) is 4.17. The van der Waals surface area contributed by atoms with Gasteiger partial charge in [-0.15, -0.1) is 0 Å². The molecule has 17 heteroatoms. The smallest absolute Gasteiger partial charge is 0.305 e. The number of carbonyl (C=O) groups is 2. The fourth-order valence-corrected chi connectivity index (χ4v) is 9.17. The number of ether oxygens (including phenoxy) is 2. The Morgan fingerprint density at radius 1 is 0.784 bits per heavy atom. The number of rotatable bonds is 7. The van der Waals surface area contributed by atoms with E-state index in [4.69, 9.17) is 16.3 Å². The largest absolute Gasteiger partial charge is 0.469 e. The molecule has 2 aromatic heterocycles. The molecule has 2 aliphatic heterocycles. The van der Waals surface area contributed by atoms with E-state index >= 15 is 0 Å². The Balaban J connectivity index is 0.000000146. The lowest BCUT2D eigenvalue weighted by Gasteiger charge is -2.30. The van der Waals surface area contributed by atoms with Gasteiger partial charge in [-0.2, -0.15) is 17.6 Å². The fraction of sp³-hybridized carbons (Fsp3) is 0.706. The molecule has 51 heavy (non-hydrogen) atoms. The van der Waals surface area contributed by atoms with Gasteiger partial charge in [-0.1, -0.05) is 35.1 Å². The molecule has 6 atom stereocenters. The minimum Gasteiger partial charge on any atom is -0.469 e. The molecule has 2 saturated carbocycles. The summed E-state index contributed by atoms with van der Waals surface area (Å²) in [7, 11) is 2.86. The second-order valence-corrected chi connectivity index (χ2v) is 15.8. The number of nitrogens with zero attached hydrogens (tertiary/aromatic N) is 5. The monoisotopic (exact) mass is 774 g/mol. The van der Waals surface area contributed by atoms with Gasteiger partial charge in [-0.05, 0) is 86.8 Å². The van der Waals surface area contributed by atoms with Crippen LogP contribution < -0.4 is 10.2 Å². The van der Waals surface area contributed by atoms with Gasteiger partial charge in [-0.25, -0.2) is 19.9 Å². The Bertz CT molecular complexity index is 1620. The highest BCUT2D eigenvalue weighted by Crippen LogP contribution is 2.55. The van der Waals surface area contributed by atoms with Crippen molar-refractivity contribution in [2.75, 3.05) is 57.8 Å². The summed E-state index contributed by atoms with van der Waals surface area (Å²) in [4.78, 5) is 40.9. The van der Waals surface area contributed by atoms with E-state index < -0.39 is 11.8 Å². The van der Waals surface area contributed by atoms with E-state index in [2.05, 4.69) is 34.9 Å². The van der Waals surface area contributed by atoms with Crippen LogP contribution in [0.1, 0.15) is 61.0 Å². The maximum atomic E-state index is 14.3. The number of thioether (sulfide) groups is 2. The number of methoxy groups -OCH3 is 2. The molecule has 0 amide bonds. The van der Waals surface area contributed by atoms with Crippen molar-refractivity contribution in [3.8, 4) is 0 Å². The Kier molecular flexibility index (Phi) is 11.6. The van der Waals surface area contributed by atoms with Crippen molar-refractivity contribution in [2.45, 2.75) is 73.5 Å². The molecule has 2 saturated heterocycles. The Labute approximate surface area is 308 Å². The molecule has 0 radical (unpaired) electrons. The lowest BCUT2D eigenvalue weighted by Crippen LogP contribution is -2.31. The average Bonchev–Trinajstić information content (AvgIpc) is 3.71. The van der Waals surface area contributed by atoms with Crippen LogP contribution in [0, 0.1) is 35.5 Å². The molecular formula is C34H43ClF4N6O4S2. The van der Waals surface area contributed by atoms with Crippen LogP contribution >= 0.6 is 35.1 Å². The standard InChI is InChI=1S/C17H21F2N3O2S.C9H9ClF2N2S.C8H13NO2/c1-24-13(23)6-10-11-7-22(8-12(10)11)15-9-4-3-5-17(18,19)14(9)20-16(21-15)25-2;1-15-8-13-6-5(7(10)14-8)3-2-4-9(6,11)12;1-11-8(10)2-5-6-3-9-4-7(5)6/h10-12H,3-8H2,1-2H3;2-4H2,1H3;5-7,9H,2-4H2,1H3/t10?,11-,12+;;5?,6-,7+. The summed E-state index contributed by atoms with van der Waals surface area (Å²) >= 11 is 8.37. The van der Waals surface area contributed by atoms with Gasteiger partial charge < -0.3 is 19.7 Å². The number of fused-ring (bicyclic) bond motifs is 4. The molecule has 6 aliphatic rings. The number of hydrogen-bond acceptors (Lipinski definition) is 12. The third kappa shape index (κ3) is 8.23. The molecule has 2 aromatic rings. The third-order valence-corrected chi connectivity index (χ3v) is 12.4. The van der Waals surface area contributed by atoms with Crippen LogP contribution in [0.2, 0.25) is 5.15 Å². The first-order valence-corrected chi connectivity index (χ1v) is 20.1. The molecule has 4 aliphatic carbocycles. The quantitative estimate of drug-likeness (QED) is 0.114. The van der Waals surface area contributed by atoms with Crippen LogP contribution in [-0.2, 0) is 43.7 Å². The van der Waals surface area contributed by atoms with Gasteiger partial charge >= 0.3 is 11.9 Å². The first-order valence-electron chi connectivity index (χ1n) is 17.2. The molecule has 0 spiro atoms. The first-order chi connectivity index (χ1) is 24.3. The van der Waals surface area contributed by atoms with E-state index in [1.165, 1.54) is 37.7 Å². The highest BCUT2D eigenvalue weighted by molar-refractivity contribution is 7.98. The zero-order chi connectivity index (χ0) is 36.7. The van der Waals surface area contributed by atoms with Crippen molar-refractivity contribution in [1.29, 1.82) is 0 Å². The van der Waals surface area contributed by atoms with Crippen molar-refractivity contribution in [2.24, 2.45) is 35.5 Å². The molecule has 8 rings (SSSR count).